The van der Waals surface area contributed by atoms with Gasteiger partial charge in [-0.25, -0.2) is 0 Å². The monoisotopic (exact) mass is 290 g/mol. The van der Waals surface area contributed by atoms with Crippen molar-refractivity contribution >= 4 is 5.91 Å². The molecular weight excluding hydrogens is 264 g/mol. The van der Waals surface area contributed by atoms with Gasteiger partial charge in [0, 0.05) is 31.0 Å². The van der Waals surface area contributed by atoms with Crippen molar-refractivity contribution in [2.45, 2.75) is 57.6 Å². The van der Waals surface area contributed by atoms with Crippen molar-refractivity contribution < 1.29 is 9.90 Å². The van der Waals surface area contributed by atoms with E-state index in [0.717, 1.165) is 44.3 Å². The Morgan fingerprint density at radius 1 is 1.29 bits per heavy atom. The van der Waals surface area contributed by atoms with Gasteiger partial charge in [-0.3, -0.25) is 4.79 Å². The number of aromatic nitrogens is 1. The smallest absolute Gasteiger partial charge is 0.255 e. The van der Waals surface area contributed by atoms with E-state index in [9.17, 15) is 9.90 Å². The Morgan fingerprint density at radius 2 is 1.90 bits per heavy atom. The molecule has 4 nitrogen and oxygen atoms in total. The summed E-state index contributed by atoms with van der Waals surface area (Å²) in [5.41, 5.74) is 0.374. The number of hydrogen-bond acceptors (Lipinski definition) is 2. The molecule has 1 aromatic rings. The summed E-state index contributed by atoms with van der Waals surface area (Å²) in [5, 5.41) is 10.2. The molecule has 0 spiro atoms. The van der Waals surface area contributed by atoms with Gasteiger partial charge in [-0.05, 0) is 58.4 Å². The van der Waals surface area contributed by atoms with Crippen LogP contribution in [0.25, 0.3) is 0 Å². The number of carbonyl (C=O) groups is 1. The van der Waals surface area contributed by atoms with E-state index in [1.54, 1.807) is 0 Å². The van der Waals surface area contributed by atoms with Crippen molar-refractivity contribution in [1.29, 1.82) is 0 Å². The van der Waals surface area contributed by atoms with Gasteiger partial charge in [0.15, 0.2) is 0 Å². The van der Waals surface area contributed by atoms with Crippen LogP contribution in [0, 0.1) is 5.92 Å². The minimum Gasteiger partial charge on any atom is -0.390 e. The summed E-state index contributed by atoms with van der Waals surface area (Å²) in [6.45, 7) is 7.92. The fraction of sp³-hybridized carbons (Fsp3) is 0.706. The molecular formula is C17H26N2O2. The van der Waals surface area contributed by atoms with Gasteiger partial charge in [0.25, 0.3) is 5.91 Å². The van der Waals surface area contributed by atoms with Crippen LogP contribution in [0.2, 0.25) is 0 Å². The zero-order valence-electron chi connectivity index (χ0n) is 13.3. The van der Waals surface area contributed by atoms with E-state index >= 15 is 0 Å². The van der Waals surface area contributed by atoms with Gasteiger partial charge >= 0.3 is 0 Å². The van der Waals surface area contributed by atoms with Crippen LogP contribution in [-0.4, -0.2) is 39.2 Å². The predicted octanol–water partition coefficient (Wildman–Crippen LogP) is 2.62. The first kappa shape index (κ1) is 14.6. The van der Waals surface area contributed by atoms with Crippen molar-refractivity contribution in [3.8, 4) is 0 Å². The van der Waals surface area contributed by atoms with Crippen LogP contribution in [0.5, 0.6) is 0 Å². The fourth-order valence-corrected chi connectivity index (χ4v) is 3.28. The second-order valence-corrected chi connectivity index (χ2v) is 7.65. The summed E-state index contributed by atoms with van der Waals surface area (Å²) in [7, 11) is 0. The van der Waals surface area contributed by atoms with Crippen molar-refractivity contribution in [3.05, 3.63) is 24.0 Å². The minimum absolute atomic E-state index is 0.000761. The largest absolute Gasteiger partial charge is 0.390 e. The van der Waals surface area contributed by atoms with Gasteiger partial charge in [0.2, 0.25) is 0 Å². The van der Waals surface area contributed by atoms with Crippen molar-refractivity contribution in [1.82, 2.24) is 9.47 Å². The lowest BCUT2D eigenvalue weighted by Gasteiger charge is -2.34. The highest BCUT2D eigenvalue weighted by Gasteiger charge is 2.48. The second-order valence-electron chi connectivity index (χ2n) is 7.65. The highest BCUT2D eigenvalue weighted by atomic mass is 16.3. The third kappa shape index (κ3) is 2.86. The van der Waals surface area contributed by atoms with Crippen LogP contribution in [0.15, 0.2) is 18.5 Å². The molecule has 2 heterocycles. The zero-order valence-corrected chi connectivity index (χ0v) is 13.3. The molecule has 21 heavy (non-hydrogen) atoms. The van der Waals surface area contributed by atoms with Gasteiger partial charge in [0.05, 0.1) is 11.2 Å². The van der Waals surface area contributed by atoms with E-state index in [1.165, 1.54) is 0 Å². The molecule has 0 aromatic carbocycles. The molecule has 0 unspecified atom stereocenters. The molecule has 3 rings (SSSR count). The molecule has 0 radical (unpaired) electrons. The van der Waals surface area contributed by atoms with Gasteiger partial charge in [-0.15, -0.1) is 0 Å². The van der Waals surface area contributed by atoms with Gasteiger partial charge in [-0.2, -0.15) is 0 Å². The van der Waals surface area contributed by atoms with Crippen molar-refractivity contribution in [2.75, 3.05) is 13.1 Å². The summed E-state index contributed by atoms with van der Waals surface area (Å²) in [4.78, 5) is 14.5. The first-order valence-electron chi connectivity index (χ1n) is 8.00. The van der Waals surface area contributed by atoms with E-state index < -0.39 is 5.60 Å². The average molecular weight is 290 g/mol. The molecule has 2 fully saturated rings. The number of carbonyl (C=O) groups excluding carboxylic acids is 1. The van der Waals surface area contributed by atoms with Crippen LogP contribution in [-0.2, 0) is 5.54 Å². The van der Waals surface area contributed by atoms with Crippen molar-refractivity contribution in [3.63, 3.8) is 0 Å². The topological polar surface area (TPSA) is 45.5 Å². The Kier molecular flexibility index (Phi) is 3.40. The molecule has 1 aliphatic heterocycles. The number of piperidine rings is 1. The molecule has 1 saturated carbocycles. The number of hydrogen-bond donors (Lipinski definition) is 1. The van der Waals surface area contributed by atoms with Crippen molar-refractivity contribution in [2.24, 2.45) is 5.92 Å². The number of nitrogens with zero attached hydrogens (tertiary/aromatic N) is 2. The number of likely N-dealkylation sites (tertiary alicyclic amines) is 1. The number of aliphatic hydroxyl groups is 1. The summed E-state index contributed by atoms with van der Waals surface area (Å²) in [6, 6.07) is 1.91. The van der Waals surface area contributed by atoms with Crippen LogP contribution in [0.4, 0.5) is 0 Å². The maximum atomic E-state index is 12.6. The predicted molar refractivity (Wildman–Crippen MR) is 82.2 cm³/mol. The highest BCUT2D eigenvalue weighted by molar-refractivity contribution is 5.94. The Balaban J connectivity index is 1.62. The zero-order chi connectivity index (χ0) is 15.3. The average Bonchev–Trinajstić information content (AvgIpc) is 3.00. The molecule has 1 N–H and O–H groups in total. The molecule has 1 aliphatic carbocycles. The lowest BCUT2D eigenvalue weighted by Crippen LogP contribution is -2.41. The number of amides is 1. The minimum atomic E-state index is -0.398. The number of rotatable bonds is 2. The van der Waals surface area contributed by atoms with E-state index in [1.807, 2.05) is 23.4 Å². The van der Waals surface area contributed by atoms with Gasteiger partial charge in [0.1, 0.15) is 0 Å². The Hall–Kier alpha value is -1.29. The lowest BCUT2D eigenvalue weighted by atomic mass is 9.89. The molecule has 116 valence electrons. The molecule has 4 heteroatoms. The van der Waals surface area contributed by atoms with E-state index in [2.05, 4.69) is 25.3 Å². The molecule has 0 bridgehead atoms. The van der Waals surface area contributed by atoms with Gasteiger partial charge in [-0.1, -0.05) is 0 Å². The summed E-state index contributed by atoms with van der Waals surface area (Å²) < 4.78 is 2.08. The summed E-state index contributed by atoms with van der Waals surface area (Å²) >= 11 is 0. The first-order valence-corrected chi connectivity index (χ1v) is 8.00. The Labute approximate surface area is 126 Å². The normalized spacial score (nSPS) is 22.4. The second kappa shape index (κ2) is 4.87. The molecule has 1 saturated heterocycles. The standard InChI is InChI=1S/C17H26N2O2/c1-16(2,3)19-11-4-13(12-19)15(20)18-9-5-14(6-10-18)17(21)7-8-17/h4,11-12,14,21H,5-10H2,1-3H3. The first-order chi connectivity index (χ1) is 9.79. The molecule has 1 amide bonds. The summed E-state index contributed by atoms with van der Waals surface area (Å²) in [5.74, 6) is 0.514. The summed E-state index contributed by atoms with van der Waals surface area (Å²) in [6.07, 6.45) is 7.68. The van der Waals surface area contributed by atoms with E-state index in [0.29, 0.717) is 5.92 Å². The maximum Gasteiger partial charge on any atom is 0.255 e. The van der Waals surface area contributed by atoms with Crippen LogP contribution >= 0.6 is 0 Å². The third-order valence-electron chi connectivity index (χ3n) is 5.02. The SMILES string of the molecule is CC(C)(C)n1ccc(C(=O)N2CCC(C3(O)CC3)CC2)c1. The van der Waals surface area contributed by atoms with Crippen LogP contribution in [0.1, 0.15) is 56.8 Å². The van der Waals surface area contributed by atoms with Crippen LogP contribution < -0.4 is 0 Å². The Morgan fingerprint density at radius 3 is 2.38 bits per heavy atom. The molecule has 2 aliphatic rings. The van der Waals surface area contributed by atoms with E-state index in [-0.39, 0.29) is 11.4 Å². The van der Waals surface area contributed by atoms with Gasteiger partial charge < -0.3 is 14.6 Å². The maximum absolute atomic E-state index is 12.6. The van der Waals surface area contributed by atoms with Crippen LogP contribution in [0.3, 0.4) is 0 Å². The molecule has 0 atom stereocenters. The highest BCUT2D eigenvalue weighted by Crippen LogP contribution is 2.46. The lowest BCUT2D eigenvalue weighted by molar-refractivity contribution is 0.0340. The molecule has 1 aromatic heterocycles. The fourth-order valence-electron chi connectivity index (χ4n) is 3.28. The quantitative estimate of drug-likeness (QED) is 0.910. The van der Waals surface area contributed by atoms with E-state index in [4.69, 9.17) is 0 Å². The third-order valence-corrected chi connectivity index (χ3v) is 5.02. The Bertz CT molecular complexity index is 529.